The Balaban J connectivity index is 1.63. The van der Waals surface area contributed by atoms with Crippen LogP contribution in [0.4, 0.5) is 5.69 Å². The zero-order chi connectivity index (χ0) is 20.3. The largest absolute Gasteiger partial charge is 0.326 e. The number of carbonyl (C=O) groups is 1. The number of thioether (sulfide) groups is 1. The van der Waals surface area contributed by atoms with Crippen molar-refractivity contribution >= 4 is 33.4 Å². The molecule has 28 heavy (non-hydrogen) atoms. The topological polar surface area (TPSA) is 66.5 Å². The van der Waals surface area contributed by atoms with Gasteiger partial charge in [0.2, 0.25) is 15.9 Å². The van der Waals surface area contributed by atoms with Crippen LogP contribution in [0.25, 0.3) is 0 Å². The molecule has 0 spiro atoms. The summed E-state index contributed by atoms with van der Waals surface area (Å²) in [6.45, 7) is 4.72. The molecule has 1 heterocycles. The van der Waals surface area contributed by atoms with E-state index in [4.69, 9.17) is 0 Å². The number of aryl methyl sites for hydroxylation is 1. The summed E-state index contributed by atoms with van der Waals surface area (Å²) in [5.74, 6) is -0.208. The third-order valence-corrected chi connectivity index (χ3v) is 8.04. The van der Waals surface area contributed by atoms with Crippen LogP contribution in [0.5, 0.6) is 0 Å². The molecule has 1 saturated heterocycles. The number of piperidine rings is 1. The SMILES string of the molecule is CSc1ccc(S(=O)(=O)N2CCC(C(=O)Nc3cccc(C)c3C)CC2)cc1. The van der Waals surface area contributed by atoms with Crippen LogP contribution >= 0.6 is 11.8 Å². The fraction of sp³-hybridized carbons (Fsp3) is 0.381. The number of carbonyl (C=O) groups excluding carboxylic acids is 1. The summed E-state index contributed by atoms with van der Waals surface area (Å²) in [6.07, 6.45) is 3.01. The molecule has 0 saturated carbocycles. The molecule has 1 fully saturated rings. The highest BCUT2D eigenvalue weighted by molar-refractivity contribution is 7.98. The second-order valence-corrected chi connectivity index (χ2v) is 9.91. The number of benzene rings is 2. The van der Waals surface area contributed by atoms with Crippen molar-refractivity contribution in [2.24, 2.45) is 5.92 Å². The van der Waals surface area contributed by atoms with Gasteiger partial charge < -0.3 is 5.32 Å². The summed E-state index contributed by atoms with van der Waals surface area (Å²) in [7, 11) is -3.51. The van der Waals surface area contributed by atoms with E-state index in [1.54, 1.807) is 23.9 Å². The summed E-state index contributed by atoms with van der Waals surface area (Å²) in [4.78, 5) is 14.0. The Morgan fingerprint density at radius 1 is 1.07 bits per heavy atom. The number of rotatable bonds is 5. The second-order valence-electron chi connectivity index (χ2n) is 7.09. The van der Waals surface area contributed by atoms with E-state index in [2.05, 4.69) is 5.32 Å². The Morgan fingerprint density at radius 3 is 2.32 bits per heavy atom. The average Bonchev–Trinajstić information content (AvgIpc) is 2.71. The van der Waals surface area contributed by atoms with Gasteiger partial charge in [0.25, 0.3) is 0 Å². The third kappa shape index (κ3) is 4.42. The molecule has 0 aliphatic carbocycles. The van der Waals surface area contributed by atoms with Crippen molar-refractivity contribution in [3.8, 4) is 0 Å². The molecule has 2 aromatic carbocycles. The van der Waals surface area contributed by atoms with Crippen molar-refractivity contribution in [1.29, 1.82) is 0 Å². The number of hydrogen-bond acceptors (Lipinski definition) is 4. The minimum Gasteiger partial charge on any atom is -0.326 e. The maximum absolute atomic E-state index is 12.9. The van der Waals surface area contributed by atoms with Crippen molar-refractivity contribution in [2.45, 2.75) is 36.5 Å². The molecular formula is C21H26N2O3S2. The molecule has 0 unspecified atom stereocenters. The van der Waals surface area contributed by atoms with Crippen LogP contribution in [0.2, 0.25) is 0 Å². The van der Waals surface area contributed by atoms with Gasteiger partial charge in [0, 0.05) is 29.6 Å². The fourth-order valence-electron chi connectivity index (χ4n) is 3.38. The smallest absolute Gasteiger partial charge is 0.243 e. The normalized spacial score (nSPS) is 16.1. The standard InChI is InChI=1S/C21H26N2O3S2/c1-15-5-4-6-20(16(15)2)22-21(24)17-11-13-23(14-12-17)28(25,26)19-9-7-18(27-3)8-10-19/h4-10,17H,11-14H2,1-3H3,(H,22,24). The summed E-state index contributed by atoms with van der Waals surface area (Å²) in [5, 5.41) is 3.01. The Bertz CT molecular complexity index is 948. The second kappa shape index (κ2) is 8.68. The van der Waals surface area contributed by atoms with Gasteiger partial charge in [-0.25, -0.2) is 8.42 Å². The van der Waals surface area contributed by atoms with E-state index in [9.17, 15) is 13.2 Å². The Hall–Kier alpha value is -1.83. The fourth-order valence-corrected chi connectivity index (χ4v) is 5.25. The summed E-state index contributed by atoms with van der Waals surface area (Å²) in [5.41, 5.74) is 3.02. The number of nitrogens with one attached hydrogen (secondary N) is 1. The van der Waals surface area contributed by atoms with Crippen LogP contribution in [0.15, 0.2) is 52.3 Å². The zero-order valence-corrected chi connectivity index (χ0v) is 18.1. The van der Waals surface area contributed by atoms with Crippen molar-refractivity contribution in [3.63, 3.8) is 0 Å². The molecule has 3 rings (SSSR count). The van der Waals surface area contributed by atoms with E-state index in [0.717, 1.165) is 21.7 Å². The molecule has 1 amide bonds. The Kier molecular flexibility index (Phi) is 6.47. The Labute approximate surface area is 171 Å². The zero-order valence-electron chi connectivity index (χ0n) is 16.4. The summed E-state index contributed by atoms with van der Waals surface area (Å²) >= 11 is 1.58. The van der Waals surface area contributed by atoms with E-state index in [1.807, 2.05) is 50.4 Å². The lowest BCUT2D eigenvalue weighted by molar-refractivity contribution is -0.120. The lowest BCUT2D eigenvalue weighted by Crippen LogP contribution is -2.41. The number of sulfonamides is 1. The van der Waals surface area contributed by atoms with Gasteiger partial charge in [-0.15, -0.1) is 11.8 Å². The first-order chi connectivity index (χ1) is 13.3. The molecule has 0 atom stereocenters. The number of amides is 1. The van der Waals surface area contributed by atoms with E-state index < -0.39 is 10.0 Å². The van der Waals surface area contributed by atoms with Crippen molar-refractivity contribution in [2.75, 3.05) is 24.7 Å². The first-order valence-corrected chi connectivity index (χ1v) is 12.0. The predicted octanol–water partition coefficient (Wildman–Crippen LogP) is 4.06. The van der Waals surface area contributed by atoms with Crippen LogP contribution in [0.3, 0.4) is 0 Å². The maximum Gasteiger partial charge on any atom is 0.243 e. The van der Waals surface area contributed by atoms with Gasteiger partial charge in [0.1, 0.15) is 0 Å². The van der Waals surface area contributed by atoms with Crippen molar-refractivity contribution in [1.82, 2.24) is 4.31 Å². The number of anilines is 1. The average molecular weight is 419 g/mol. The highest BCUT2D eigenvalue weighted by atomic mass is 32.2. The van der Waals surface area contributed by atoms with Crippen molar-refractivity contribution < 1.29 is 13.2 Å². The monoisotopic (exact) mass is 418 g/mol. The highest BCUT2D eigenvalue weighted by Crippen LogP contribution is 2.27. The molecule has 2 aromatic rings. The first-order valence-electron chi connectivity index (χ1n) is 9.34. The minimum atomic E-state index is -3.51. The molecule has 150 valence electrons. The van der Waals surface area contributed by atoms with E-state index in [1.165, 1.54) is 4.31 Å². The maximum atomic E-state index is 12.9. The lowest BCUT2D eigenvalue weighted by atomic mass is 9.97. The van der Waals surface area contributed by atoms with Gasteiger partial charge in [-0.2, -0.15) is 4.31 Å². The van der Waals surface area contributed by atoms with E-state index in [-0.39, 0.29) is 11.8 Å². The van der Waals surface area contributed by atoms with Gasteiger partial charge in [-0.3, -0.25) is 4.79 Å². The van der Waals surface area contributed by atoms with Gasteiger partial charge in [-0.1, -0.05) is 12.1 Å². The highest BCUT2D eigenvalue weighted by Gasteiger charge is 2.32. The molecule has 0 bridgehead atoms. The van der Waals surface area contributed by atoms with Gasteiger partial charge >= 0.3 is 0 Å². The molecule has 1 aliphatic rings. The van der Waals surface area contributed by atoms with Crippen LogP contribution in [0, 0.1) is 19.8 Å². The third-order valence-electron chi connectivity index (χ3n) is 5.38. The van der Waals surface area contributed by atoms with Crippen LogP contribution < -0.4 is 5.32 Å². The van der Waals surface area contributed by atoms with Gasteiger partial charge in [0.15, 0.2) is 0 Å². The van der Waals surface area contributed by atoms with Gasteiger partial charge in [-0.05, 0) is 74.4 Å². The van der Waals surface area contributed by atoms with E-state index in [0.29, 0.717) is 30.8 Å². The van der Waals surface area contributed by atoms with Crippen LogP contribution in [-0.2, 0) is 14.8 Å². The van der Waals surface area contributed by atoms with Crippen LogP contribution in [0.1, 0.15) is 24.0 Å². The first kappa shape index (κ1) is 20.9. The van der Waals surface area contributed by atoms with E-state index >= 15 is 0 Å². The molecule has 1 aliphatic heterocycles. The number of nitrogens with zero attached hydrogens (tertiary/aromatic N) is 1. The molecular weight excluding hydrogens is 392 g/mol. The van der Waals surface area contributed by atoms with Crippen molar-refractivity contribution in [3.05, 3.63) is 53.6 Å². The Morgan fingerprint density at radius 2 is 1.71 bits per heavy atom. The predicted molar refractivity (Wildman–Crippen MR) is 114 cm³/mol. The quantitative estimate of drug-likeness (QED) is 0.744. The minimum absolute atomic E-state index is 0.0323. The summed E-state index contributed by atoms with van der Waals surface area (Å²) in [6, 6.07) is 12.8. The lowest BCUT2D eigenvalue weighted by Gasteiger charge is -2.30. The molecule has 5 nitrogen and oxygen atoms in total. The summed E-state index contributed by atoms with van der Waals surface area (Å²) < 4.78 is 27.2. The molecule has 7 heteroatoms. The number of hydrogen-bond donors (Lipinski definition) is 1. The van der Waals surface area contributed by atoms with Gasteiger partial charge in [0.05, 0.1) is 4.90 Å². The molecule has 0 aromatic heterocycles. The molecule has 0 radical (unpaired) electrons. The molecule has 1 N–H and O–H groups in total. The van der Waals surface area contributed by atoms with Crippen LogP contribution in [-0.4, -0.2) is 38.0 Å².